The first-order valence-corrected chi connectivity index (χ1v) is 8.19. The van der Waals surface area contributed by atoms with Crippen LogP contribution in [0.15, 0.2) is 52.7 Å². The van der Waals surface area contributed by atoms with Crippen LogP contribution in [0.5, 0.6) is 11.5 Å². The van der Waals surface area contributed by atoms with E-state index in [4.69, 9.17) is 14.5 Å². The van der Waals surface area contributed by atoms with Gasteiger partial charge >= 0.3 is 0 Å². The highest BCUT2D eigenvalue weighted by Gasteiger charge is 2.30. The molecular formula is C19H18N4O3. The summed E-state index contributed by atoms with van der Waals surface area (Å²) in [5.41, 5.74) is 2.24. The van der Waals surface area contributed by atoms with Gasteiger partial charge in [-0.2, -0.15) is 0 Å². The van der Waals surface area contributed by atoms with Gasteiger partial charge in [0.25, 0.3) is 0 Å². The standard InChI is InChI=1S/C19H18N4O3/c1-25-16-8-13-14(9-17(16)26-2)22-18(23-7-6-21-19(13)23)10-15(24)12-4-3-5-20-11-12/h3-5,8-11,24H,6-7H2,1-2H3/b15-10+. The van der Waals surface area contributed by atoms with E-state index in [0.717, 1.165) is 17.1 Å². The van der Waals surface area contributed by atoms with Gasteiger partial charge in [0.05, 0.1) is 26.5 Å². The molecule has 132 valence electrons. The molecule has 0 aliphatic carbocycles. The van der Waals surface area contributed by atoms with Crippen LogP contribution in [0.25, 0.3) is 5.76 Å². The number of benzene rings is 1. The zero-order valence-corrected chi connectivity index (χ0v) is 14.5. The Kier molecular flexibility index (Phi) is 4.04. The maximum absolute atomic E-state index is 10.5. The van der Waals surface area contributed by atoms with Crippen LogP contribution in [-0.2, 0) is 0 Å². The van der Waals surface area contributed by atoms with Gasteiger partial charge in [0, 0.05) is 42.2 Å². The highest BCUT2D eigenvalue weighted by atomic mass is 16.5. The number of aromatic nitrogens is 1. The molecule has 1 N–H and O–H groups in total. The van der Waals surface area contributed by atoms with Crippen molar-refractivity contribution in [1.29, 1.82) is 0 Å². The average Bonchev–Trinajstić information content (AvgIpc) is 3.18. The number of fused-ring (bicyclic) bond motifs is 3. The maximum atomic E-state index is 10.5. The molecule has 2 aliphatic rings. The molecule has 0 atom stereocenters. The van der Waals surface area contributed by atoms with E-state index in [1.807, 2.05) is 17.0 Å². The molecule has 1 aromatic heterocycles. The molecule has 0 spiro atoms. The Bertz CT molecular complexity index is 935. The third-order valence-electron chi connectivity index (χ3n) is 4.32. The third-order valence-corrected chi connectivity index (χ3v) is 4.32. The first-order valence-electron chi connectivity index (χ1n) is 8.19. The van der Waals surface area contributed by atoms with E-state index in [1.54, 1.807) is 44.8 Å². The van der Waals surface area contributed by atoms with Crippen molar-refractivity contribution < 1.29 is 14.6 Å². The second-order valence-electron chi connectivity index (χ2n) is 5.82. The second-order valence-corrected chi connectivity index (χ2v) is 5.82. The van der Waals surface area contributed by atoms with E-state index < -0.39 is 0 Å². The minimum atomic E-state index is 0.104. The van der Waals surface area contributed by atoms with Crippen LogP contribution in [0.3, 0.4) is 0 Å². The minimum absolute atomic E-state index is 0.104. The van der Waals surface area contributed by atoms with E-state index >= 15 is 0 Å². The normalized spacial score (nSPS) is 15.8. The molecule has 26 heavy (non-hydrogen) atoms. The maximum Gasteiger partial charge on any atom is 0.162 e. The molecule has 2 aliphatic heterocycles. The van der Waals surface area contributed by atoms with Crippen LogP contribution in [-0.4, -0.2) is 54.0 Å². The number of nitrogens with zero attached hydrogens (tertiary/aromatic N) is 4. The second kappa shape index (κ2) is 6.51. The number of methoxy groups -OCH3 is 2. The highest BCUT2D eigenvalue weighted by Crippen LogP contribution is 2.38. The van der Waals surface area contributed by atoms with Gasteiger partial charge in [-0.05, 0) is 18.2 Å². The summed E-state index contributed by atoms with van der Waals surface area (Å²) >= 11 is 0. The summed E-state index contributed by atoms with van der Waals surface area (Å²) in [4.78, 5) is 15.3. The fourth-order valence-corrected chi connectivity index (χ4v) is 3.05. The van der Waals surface area contributed by atoms with Crippen LogP contribution in [0.1, 0.15) is 11.1 Å². The molecule has 7 heteroatoms. The third kappa shape index (κ3) is 2.67. The van der Waals surface area contributed by atoms with E-state index in [9.17, 15) is 5.11 Å². The Hall–Kier alpha value is -3.35. The summed E-state index contributed by atoms with van der Waals surface area (Å²) in [7, 11) is 3.19. The Labute approximate surface area is 150 Å². The number of hydrogen-bond acceptors (Lipinski definition) is 7. The van der Waals surface area contributed by atoms with Gasteiger partial charge in [-0.15, -0.1) is 0 Å². The molecule has 3 heterocycles. The Balaban J connectivity index is 1.82. The number of aliphatic hydroxyl groups is 1. The summed E-state index contributed by atoms with van der Waals surface area (Å²) in [6.07, 6.45) is 4.91. The predicted molar refractivity (Wildman–Crippen MR) is 99.6 cm³/mol. The molecule has 0 unspecified atom stereocenters. The number of pyridine rings is 1. The Morgan fingerprint density at radius 1 is 1.23 bits per heavy atom. The van der Waals surface area contributed by atoms with Crippen molar-refractivity contribution in [2.45, 2.75) is 0 Å². The molecule has 0 radical (unpaired) electrons. The van der Waals surface area contributed by atoms with Gasteiger partial charge in [-0.3, -0.25) is 9.98 Å². The van der Waals surface area contributed by atoms with Crippen LogP contribution < -0.4 is 9.47 Å². The van der Waals surface area contributed by atoms with Crippen molar-refractivity contribution >= 4 is 23.1 Å². The van der Waals surface area contributed by atoms with E-state index in [0.29, 0.717) is 36.0 Å². The van der Waals surface area contributed by atoms with Crippen molar-refractivity contribution in [2.24, 2.45) is 9.98 Å². The molecule has 0 bridgehead atoms. The molecule has 0 saturated carbocycles. The van der Waals surface area contributed by atoms with Crippen LogP contribution in [0.2, 0.25) is 0 Å². The predicted octanol–water partition coefficient (Wildman–Crippen LogP) is 2.80. The lowest BCUT2D eigenvalue weighted by Gasteiger charge is -2.26. The Morgan fingerprint density at radius 3 is 2.77 bits per heavy atom. The fourth-order valence-electron chi connectivity index (χ4n) is 3.05. The average molecular weight is 350 g/mol. The fraction of sp³-hybridized carbons (Fsp3) is 0.211. The smallest absolute Gasteiger partial charge is 0.162 e. The quantitative estimate of drug-likeness (QED) is 0.858. The van der Waals surface area contributed by atoms with Gasteiger partial charge in [-0.1, -0.05) is 0 Å². The van der Waals surface area contributed by atoms with Crippen LogP contribution >= 0.6 is 0 Å². The SMILES string of the molecule is COc1cc2c(cc1OC)C1=NCCN1C(/C=C(/O)c1cccnc1)=N2. The van der Waals surface area contributed by atoms with Gasteiger partial charge in [0.15, 0.2) is 11.5 Å². The topological polar surface area (TPSA) is 79.5 Å². The summed E-state index contributed by atoms with van der Waals surface area (Å²) in [5.74, 6) is 2.78. The summed E-state index contributed by atoms with van der Waals surface area (Å²) < 4.78 is 10.8. The van der Waals surface area contributed by atoms with Gasteiger partial charge in [0.2, 0.25) is 0 Å². The number of amidine groups is 2. The van der Waals surface area contributed by atoms with E-state index in [1.165, 1.54) is 0 Å². The molecular weight excluding hydrogens is 332 g/mol. The molecule has 0 amide bonds. The first-order chi connectivity index (χ1) is 12.7. The summed E-state index contributed by atoms with van der Waals surface area (Å²) in [6, 6.07) is 7.28. The number of rotatable bonds is 4. The number of aliphatic imine (C=N–C) groups is 2. The summed E-state index contributed by atoms with van der Waals surface area (Å²) in [6.45, 7) is 1.38. The zero-order chi connectivity index (χ0) is 18.1. The van der Waals surface area contributed by atoms with E-state index in [-0.39, 0.29) is 5.76 Å². The monoisotopic (exact) mass is 350 g/mol. The van der Waals surface area contributed by atoms with Crippen molar-refractivity contribution in [2.75, 3.05) is 27.3 Å². The molecule has 2 aromatic rings. The largest absolute Gasteiger partial charge is 0.507 e. The number of aliphatic hydroxyl groups excluding tert-OH is 1. The molecule has 0 fully saturated rings. The highest BCUT2D eigenvalue weighted by molar-refractivity contribution is 6.20. The van der Waals surface area contributed by atoms with Crippen molar-refractivity contribution in [3.05, 3.63) is 53.9 Å². The molecule has 0 saturated heterocycles. The lowest BCUT2D eigenvalue weighted by Crippen LogP contribution is -2.36. The Morgan fingerprint density at radius 2 is 2.04 bits per heavy atom. The first kappa shape index (κ1) is 16.1. The van der Waals surface area contributed by atoms with Crippen molar-refractivity contribution in [3.8, 4) is 11.5 Å². The molecule has 7 nitrogen and oxygen atoms in total. The molecule has 4 rings (SSSR count). The number of hydrogen-bond donors (Lipinski definition) is 1. The van der Waals surface area contributed by atoms with Crippen molar-refractivity contribution in [3.63, 3.8) is 0 Å². The van der Waals surface area contributed by atoms with Gasteiger partial charge in [-0.25, -0.2) is 4.99 Å². The lowest BCUT2D eigenvalue weighted by atomic mass is 10.1. The number of ether oxygens (including phenoxy) is 2. The molecule has 1 aromatic carbocycles. The lowest BCUT2D eigenvalue weighted by molar-refractivity contribution is 0.355. The van der Waals surface area contributed by atoms with Crippen molar-refractivity contribution in [1.82, 2.24) is 9.88 Å². The van der Waals surface area contributed by atoms with Gasteiger partial charge in [0.1, 0.15) is 17.4 Å². The van der Waals surface area contributed by atoms with Crippen LogP contribution in [0, 0.1) is 0 Å². The summed E-state index contributed by atoms with van der Waals surface area (Å²) in [5, 5.41) is 10.5. The van der Waals surface area contributed by atoms with Gasteiger partial charge < -0.3 is 19.5 Å². The minimum Gasteiger partial charge on any atom is -0.507 e. The van der Waals surface area contributed by atoms with Crippen LogP contribution in [0.4, 0.5) is 5.69 Å². The zero-order valence-electron chi connectivity index (χ0n) is 14.5. The van der Waals surface area contributed by atoms with E-state index in [2.05, 4.69) is 9.98 Å².